The molecule has 0 spiro atoms. The van der Waals surface area contributed by atoms with E-state index >= 15 is 0 Å². The van der Waals surface area contributed by atoms with Crippen molar-refractivity contribution >= 4 is 18.3 Å². The minimum atomic E-state index is -0.00238. The fourth-order valence-corrected chi connectivity index (χ4v) is 3.58. The number of rotatable bonds is 1. The Kier molecular flexibility index (Phi) is 4.69. The van der Waals surface area contributed by atoms with Crippen LogP contribution in [0.1, 0.15) is 24.0 Å². The second kappa shape index (κ2) is 6.73. The van der Waals surface area contributed by atoms with E-state index in [1.165, 1.54) is 22.3 Å². The van der Waals surface area contributed by atoms with E-state index in [4.69, 9.17) is 0 Å². The predicted molar refractivity (Wildman–Crippen MR) is 94.4 cm³/mol. The highest BCUT2D eigenvalue weighted by molar-refractivity contribution is 5.85. The van der Waals surface area contributed by atoms with Crippen LogP contribution >= 0.6 is 12.4 Å². The van der Waals surface area contributed by atoms with Crippen molar-refractivity contribution < 1.29 is 4.79 Å². The summed E-state index contributed by atoms with van der Waals surface area (Å²) in [5, 5.41) is 3.33. The van der Waals surface area contributed by atoms with Gasteiger partial charge in [0.1, 0.15) is 0 Å². The minimum absolute atomic E-state index is 0. The molecule has 4 heteroatoms. The zero-order valence-corrected chi connectivity index (χ0v) is 13.8. The first-order chi connectivity index (χ1) is 10.8. The molecule has 1 N–H and O–H groups in total. The SMILES string of the molecule is Cl.O=C(C1CCCN1)N1Cc2ccccc2-c2ccccc2C1. The number of hydrogen-bond donors (Lipinski definition) is 1. The van der Waals surface area contributed by atoms with E-state index in [2.05, 4.69) is 53.8 Å². The third-order valence-corrected chi connectivity index (χ3v) is 4.72. The van der Waals surface area contributed by atoms with Gasteiger partial charge in [0.05, 0.1) is 6.04 Å². The van der Waals surface area contributed by atoms with Gasteiger partial charge in [-0.05, 0) is 41.6 Å². The molecule has 2 aliphatic rings. The Labute approximate surface area is 143 Å². The van der Waals surface area contributed by atoms with Gasteiger partial charge in [0, 0.05) is 13.1 Å². The zero-order chi connectivity index (χ0) is 14.9. The fourth-order valence-electron chi connectivity index (χ4n) is 3.58. The Hall–Kier alpha value is -1.84. The molecule has 1 atom stereocenters. The van der Waals surface area contributed by atoms with Crippen LogP contribution in [0.3, 0.4) is 0 Å². The van der Waals surface area contributed by atoms with Gasteiger partial charge in [-0.1, -0.05) is 48.5 Å². The molecule has 0 saturated carbocycles. The summed E-state index contributed by atoms with van der Waals surface area (Å²) in [5.74, 6) is 0.240. The summed E-state index contributed by atoms with van der Waals surface area (Å²) in [6.45, 7) is 2.35. The summed E-state index contributed by atoms with van der Waals surface area (Å²) >= 11 is 0. The van der Waals surface area contributed by atoms with E-state index in [1.807, 2.05) is 4.90 Å². The van der Waals surface area contributed by atoms with E-state index in [-0.39, 0.29) is 24.4 Å². The van der Waals surface area contributed by atoms with Crippen molar-refractivity contribution in [2.45, 2.75) is 32.0 Å². The number of nitrogens with one attached hydrogen (secondary N) is 1. The largest absolute Gasteiger partial charge is 0.333 e. The van der Waals surface area contributed by atoms with Gasteiger partial charge in [-0.3, -0.25) is 4.79 Å². The van der Waals surface area contributed by atoms with Crippen LogP contribution in [0, 0.1) is 0 Å². The first-order valence-corrected chi connectivity index (χ1v) is 8.01. The van der Waals surface area contributed by atoms with Crippen LogP contribution in [0.25, 0.3) is 11.1 Å². The van der Waals surface area contributed by atoms with Crippen LogP contribution < -0.4 is 5.32 Å². The van der Waals surface area contributed by atoms with Crippen molar-refractivity contribution in [1.29, 1.82) is 0 Å². The lowest BCUT2D eigenvalue weighted by atomic mass is 9.97. The summed E-state index contributed by atoms with van der Waals surface area (Å²) < 4.78 is 0. The monoisotopic (exact) mass is 328 g/mol. The number of carbonyl (C=O) groups is 1. The highest BCUT2D eigenvalue weighted by atomic mass is 35.5. The summed E-state index contributed by atoms with van der Waals surface area (Å²) in [7, 11) is 0. The maximum absolute atomic E-state index is 12.8. The molecule has 0 bridgehead atoms. The molecule has 1 saturated heterocycles. The van der Waals surface area contributed by atoms with Crippen molar-refractivity contribution in [1.82, 2.24) is 10.2 Å². The third kappa shape index (κ3) is 2.99. The molecule has 2 aromatic rings. The van der Waals surface area contributed by atoms with Gasteiger partial charge in [0.2, 0.25) is 5.91 Å². The topological polar surface area (TPSA) is 32.3 Å². The molecule has 3 nitrogen and oxygen atoms in total. The van der Waals surface area contributed by atoms with Crippen LogP contribution in [0.4, 0.5) is 0 Å². The predicted octanol–water partition coefficient (Wildman–Crippen LogP) is 3.37. The summed E-state index contributed by atoms with van der Waals surface area (Å²) in [5.41, 5.74) is 4.98. The van der Waals surface area contributed by atoms with Gasteiger partial charge in [-0.15, -0.1) is 12.4 Å². The van der Waals surface area contributed by atoms with E-state index in [1.54, 1.807) is 0 Å². The number of carbonyl (C=O) groups excluding carboxylic acids is 1. The smallest absolute Gasteiger partial charge is 0.240 e. The van der Waals surface area contributed by atoms with Gasteiger partial charge in [0.25, 0.3) is 0 Å². The molecule has 2 heterocycles. The van der Waals surface area contributed by atoms with E-state index in [0.29, 0.717) is 13.1 Å². The Morgan fingerprint density at radius 2 is 1.52 bits per heavy atom. The Morgan fingerprint density at radius 1 is 0.957 bits per heavy atom. The first-order valence-electron chi connectivity index (χ1n) is 8.01. The van der Waals surface area contributed by atoms with E-state index in [9.17, 15) is 4.79 Å². The number of amides is 1. The molecule has 4 rings (SSSR count). The lowest BCUT2D eigenvalue weighted by Gasteiger charge is -2.24. The number of hydrogen-bond acceptors (Lipinski definition) is 2. The second-order valence-corrected chi connectivity index (χ2v) is 6.16. The number of fused-ring (bicyclic) bond motifs is 3. The van der Waals surface area contributed by atoms with E-state index in [0.717, 1.165) is 19.4 Å². The van der Waals surface area contributed by atoms with Crippen LogP contribution in [0.15, 0.2) is 48.5 Å². The molecule has 2 aromatic carbocycles. The third-order valence-electron chi connectivity index (χ3n) is 4.72. The Balaban J connectivity index is 0.00000156. The Bertz CT molecular complexity index is 663. The van der Waals surface area contributed by atoms with Crippen molar-refractivity contribution in [2.75, 3.05) is 6.54 Å². The van der Waals surface area contributed by atoms with Crippen LogP contribution in [-0.4, -0.2) is 23.4 Å². The molecule has 2 aliphatic heterocycles. The highest BCUT2D eigenvalue weighted by Gasteiger charge is 2.29. The Morgan fingerprint density at radius 3 is 2.04 bits per heavy atom. The highest BCUT2D eigenvalue weighted by Crippen LogP contribution is 2.32. The van der Waals surface area contributed by atoms with Crippen LogP contribution in [0.2, 0.25) is 0 Å². The molecule has 0 aliphatic carbocycles. The van der Waals surface area contributed by atoms with Crippen molar-refractivity contribution in [3.63, 3.8) is 0 Å². The molecule has 0 aromatic heterocycles. The molecule has 1 amide bonds. The van der Waals surface area contributed by atoms with Crippen LogP contribution in [-0.2, 0) is 17.9 Å². The zero-order valence-electron chi connectivity index (χ0n) is 13.0. The molecular weight excluding hydrogens is 308 g/mol. The van der Waals surface area contributed by atoms with Gasteiger partial charge >= 0.3 is 0 Å². The molecule has 0 radical (unpaired) electrons. The van der Waals surface area contributed by atoms with Crippen molar-refractivity contribution in [3.8, 4) is 11.1 Å². The second-order valence-electron chi connectivity index (χ2n) is 6.16. The normalized spacial score (nSPS) is 19.3. The van der Waals surface area contributed by atoms with Gasteiger partial charge in [-0.25, -0.2) is 0 Å². The summed E-state index contributed by atoms with van der Waals surface area (Å²) in [6.07, 6.45) is 2.05. The average molecular weight is 329 g/mol. The lowest BCUT2D eigenvalue weighted by Crippen LogP contribution is -2.42. The van der Waals surface area contributed by atoms with Crippen LogP contribution in [0.5, 0.6) is 0 Å². The number of nitrogens with zero attached hydrogens (tertiary/aromatic N) is 1. The maximum Gasteiger partial charge on any atom is 0.240 e. The standard InChI is InChI=1S/C19H20N2O.ClH/c22-19(18-10-5-11-20-18)21-12-14-6-1-3-8-16(14)17-9-4-2-7-15(17)13-21;/h1-4,6-9,18,20H,5,10-13H2;1H. The molecule has 1 fully saturated rings. The summed E-state index contributed by atoms with van der Waals surface area (Å²) in [4.78, 5) is 14.8. The molecular formula is C19H21ClN2O. The average Bonchev–Trinajstić information content (AvgIpc) is 3.03. The van der Waals surface area contributed by atoms with E-state index < -0.39 is 0 Å². The molecule has 120 valence electrons. The molecule has 1 unspecified atom stereocenters. The lowest BCUT2D eigenvalue weighted by molar-refractivity contribution is -0.134. The number of halogens is 1. The number of benzene rings is 2. The first kappa shape index (κ1) is 16.0. The van der Waals surface area contributed by atoms with Gasteiger partial charge in [0.15, 0.2) is 0 Å². The maximum atomic E-state index is 12.8. The van der Waals surface area contributed by atoms with Gasteiger partial charge in [-0.2, -0.15) is 0 Å². The van der Waals surface area contributed by atoms with Crippen molar-refractivity contribution in [2.24, 2.45) is 0 Å². The summed E-state index contributed by atoms with van der Waals surface area (Å²) in [6, 6.07) is 16.9. The molecule has 23 heavy (non-hydrogen) atoms. The fraction of sp³-hybridized carbons (Fsp3) is 0.316. The minimum Gasteiger partial charge on any atom is -0.333 e. The quantitative estimate of drug-likeness (QED) is 0.870. The van der Waals surface area contributed by atoms with Gasteiger partial charge < -0.3 is 10.2 Å². The van der Waals surface area contributed by atoms with Crippen molar-refractivity contribution in [3.05, 3.63) is 59.7 Å².